The molecule has 2 N–H and O–H groups in total. The molecule has 3 nitrogen and oxygen atoms in total. The van der Waals surface area contributed by atoms with Crippen molar-refractivity contribution >= 4 is 17.7 Å². The van der Waals surface area contributed by atoms with Gasteiger partial charge in [-0.05, 0) is 31.5 Å². The molecule has 1 heterocycles. The van der Waals surface area contributed by atoms with Gasteiger partial charge in [-0.15, -0.1) is 11.8 Å². The molecule has 0 aromatic heterocycles. The first-order valence-corrected chi connectivity index (χ1v) is 7.94. The highest BCUT2D eigenvalue weighted by molar-refractivity contribution is 7.99. The minimum atomic E-state index is -0.174. The highest BCUT2D eigenvalue weighted by Gasteiger charge is 2.23. The molecule has 1 aliphatic heterocycles. The first-order chi connectivity index (χ1) is 9.25. The van der Waals surface area contributed by atoms with E-state index in [1.165, 1.54) is 17.7 Å². The van der Waals surface area contributed by atoms with Crippen molar-refractivity contribution in [2.45, 2.75) is 36.6 Å². The second-order valence-corrected chi connectivity index (χ2v) is 6.19. The molecule has 0 bridgehead atoms. The third-order valence-corrected chi connectivity index (χ3v) is 4.57. The zero-order valence-corrected chi connectivity index (χ0v) is 12.1. The molecule has 1 aromatic carbocycles. The largest absolute Gasteiger partial charge is 0.370 e. The van der Waals surface area contributed by atoms with Crippen LogP contribution in [0.4, 0.5) is 0 Å². The fourth-order valence-corrected chi connectivity index (χ4v) is 3.53. The number of amides is 1. The Kier molecular flexibility index (Phi) is 5.73. The van der Waals surface area contributed by atoms with E-state index in [2.05, 4.69) is 29.2 Å². The number of carbonyl (C=O) groups is 1. The van der Waals surface area contributed by atoms with Gasteiger partial charge in [-0.2, -0.15) is 0 Å². The van der Waals surface area contributed by atoms with E-state index in [9.17, 15) is 4.79 Å². The number of nitrogens with two attached hydrogens (primary N) is 1. The van der Waals surface area contributed by atoms with Crippen LogP contribution in [-0.2, 0) is 4.79 Å². The lowest BCUT2D eigenvalue weighted by Gasteiger charge is -2.35. The zero-order valence-electron chi connectivity index (χ0n) is 11.3. The van der Waals surface area contributed by atoms with Gasteiger partial charge >= 0.3 is 0 Å². The van der Waals surface area contributed by atoms with Gasteiger partial charge in [0.15, 0.2) is 0 Å². The molecule has 1 amide bonds. The van der Waals surface area contributed by atoms with Crippen LogP contribution < -0.4 is 5.73 Å². The van der Waals surface area contributed by atoms with Crippen molar-refractivity contribution in [2.24, 2.45) is 5.73 Å². The van der Waals surface area contributed by atoms with Crippen molar-refractivity contribution in [2.75, 3.05) is 18.8 Å². The van der Waals surface area contributed by atoms with Gasteiger partial charge in [0.05, 0.1) is 0 Å². The maximum atomic E-state index is 11.1. The van der Waals surface area contributed by atoms with Crippen molar-refractivity contribution in [3.63, 3.8) is 0 Å². The Balaban J connectivity index is 1.78. The number of rotatable bonds is 6. The first kappa shape index (κ1) is 14.4. The second-order valence-electron chi connectivity index (χ2n) is 5.02. The van der Waals surface area contributed by atoms with Gasteiger partial charge in [-0.1, -0.05) is 24.6 Å². The average molecular weight is 278 g/mol. The molecule has 0 aliphatic carbocycles. The summed E-state index contributed by atoms with van der Waals surface area (Å²) in [5, 5.41) is 0. The first-order valence-electron chi connectivity index (χ1n) is 6.96. The maximum Gasteiger partial charge on any atom is 0.218 e. The summed E-state index contributed by atoms with van der Waals surface area (Å²) >= 11 is 1.88. The Labute approximate surface area is 119 Å². The average Bonchev–Trinajstić information content (AvgIpc) is 2.41. The van der Waals surface area contributed by atoms with Crippen LogP contribution in [-0.4, -0.2) is 35.7 Å². The summed E-state index contributed by atoms with van der Waals surface area (Å²) in [7, 11) is 0. The van der Waals surface area contributed by atoms with Gasteiger partial charge in [-0.3, -0.25) is 9.69 Å². The predicted octanol–water partition coefficient (Wildman–Crippen LogP) is 2.51. The van der Waals surface area contributed by atoms with E-state index < -0.39 is 0 Å². The number of thioether (sulfide) groups is 1. The van der Waals surface area contributed by atoms with Crippen molar-refractivity contribution in [1.29, 1.82) is 0 Å². The summed E-state index contributed by atoms with van der Waals surface area (Å²) in [6.45, 7) is 2.14. The van der Waals surface area contributed by atoms with Crippen LogP contribution >= 0.6 is 11.8 Å². The molecule has 0 radical (unpaired) electrons. The fraction of sp³-hybridized carbons (Fsp3) is 0.533. The minimum Gasteiger partial charge on any atom is -0.370 e. The van der Waals surface area contributed by atoms with Crippen molar-refractivity contribution in [1.82, 2.24) is 4.90 Å². The van der Waals surface area contributed by atoms with E-state index in [0.717, 1.165) is 25.3 Å². The molecule has 0 spiro atoms. The molecule has 1 atom stereocenters. The maximum absolute atomic E-state index is 11.1. The van der Waals surface area contributed by atoms with E-state index >= 15 is 0 Å². The molecule has 0 saturated carbocycles. The summed E-state index contributed by atoms with van der Waals surface area (Å²) in [5.74, 6) is 0.895. The summed E-state index contributed by atoms with van der Waals surface area (Å²) in [4.78, 5) is 14.8. The number of hydrogen-bond acceptors (Lipinski definition) is 3. The second kappa shape index (κ2) is 7.56. The van der Waals surface area contributed by atoms with E-state index in [-0.39, 0.29) is 5.91 Å². The minimum absolute atomic E-state index is 0.174. The van der Waals surface area contributed by atoms with Crippen LogP contribution in [0.5, 0.6) is 0 Å². The smallest absolute Gasteiger partial charge is 0.218 e. The third kappa shape index (κ3) is 4.88. The van der Waals surface area contributed by atoms with Gasteiger partial charge in [0.25, 0.3) is 0 Å². The van der Waals surface area contributed by atoms with Gasteiger partial charge in [0.2, 0.25) is 5.91 Å². The monoisotopic (exact) mass is 278 g/mol. The van der Waals surface area contributed by atoms with Gasteiger partial charge < -0.3 is 5.73 Å². The molecule has 19 heavy (non-hydrogen) atoms. The summed E-state index contributed by atoms with van der Waals surface area (Å²) < 4.78 is 0. The Morgan fingerprint density at radius 1 is 1.32 bits per heavy atom. The van der Waals surface area contributed by atoms with Crippen LogP contribution in [0.2, 0.25) is 0 Å². The van der Waals surface area contributed by atoms with E-state index in [4.69, 9.17) is 5.73 Å². The van der Waals surface area contributed by atoms with Gasteiger partial charge in [0.1, 0.15) is 0 Å². The number of primary amides is 1. The summed E-state index contributed by atoms with van der Waals surface area (Å²) in [6, 6.07) is 10.8. The van der Waals surface area contributed by atoms with Gasteiger partial charge in [0, 0.05) is 29.7 Å². The lowest BCUT2D eigenvalue weighted by Crippen LogP contribution is -2.42. The molecule has 104 valence electrons. The molecule has 2 rings (SSSR count). The molecule has 4 heteroatoms. The standard InChI is InChI=1S/C15H22N2OS/c16-15(18)12-13-6-4-5-9-17(13)10-11-19-14-7-2-1-3-8-14/h1-3,7-8,13H,4-6,9-12H2,(H2,16,18)/t13-/m1/s1. The quantitative estimate of drug-likeness (QED) is 0.813. The third-order valence-electron chi connectivity index (χ3n) is 3.58. The van der Waals surface area contributed by atoms with Crippen molar-refractivity contribution < 1.29 is 4.79 Å². The molecule has 1 aliphatic rings. The Hall–Kier alpha value is -1.00. The Bertz CT molecular complexity index is 396. The van der Waals surface area contributed by atoms with E-state index in [1.807, 2.05) is 17.8 Å². The van der Waals surface area contributed by atoms with Crippen LogP contribution in [0.1, 0.15) is 25.7 Å². The van der Waals surface area contributed by atoms with E-state index in [1.54, 1.807) is 0 Å². The van der Waals surface area contributed by atoms with Crippen LogP contribution in [0, 0.1) is 0 Å². The molecule has 1 fully saturated rings. The summed E-state index contributed by atoms with van der Waals surface area (Å²) in [6.07, 6.45) is 4.08. The van der Waals surface area contributed by atoms with Crippen molar-refractivity contribution in [3.8, 4) is 0 Å². The number of piperidine rings is 1. The fourth-order valence-electron chi connectivity index (χ4n) is 2.62. The molecular weight excluding hydrogens is 256 g/mol. The Morgan fingerprint density at radius 3 is 2.84 bits per heavy atom. The number of likely N-dealkylation sites (tertiary alicyclic amines) is 1. The number of benzene rings is 1. The SMILES string of the molecule is NC(=O)C[C@H]1CCCCN1CCSc1ccccc1. The van der Waals surface area contributed by atoms with Crippen molar-refractivity contribution in [3.05, 3.63) is 30.3 Å². The zero-order chi connectivity index (χ0) is 13.5. The highest BCUT2D eigenvalue weighted by atomic mass is 32.2. The molecule has 1 aromatic rings. The topological polar surface area (TPSA) is 46.3 Å². The van der Waals surface area contributed by atoms with E-state index in [0.29, 0.717) is 12.5 Å². The predicted molar refractivity (Wildman–Crippen MR) is 80.2 cm³/mol. The highest BCUT2D eigenvalue weighted by Crippen LogP contribution is 2.22. The number of nitrogens with zero attached hydrogens (tertiary/aromatic N) is 1. The summed E-state index contributed by atoms with van der Waals surface area (Å²) in [5.41, 5.74) is 5.33. The van der Waals surface area contributed by atoms with Crippen LogP contribution in [0.15, 0.2) is 35.2 Å². The lowest BCUT2D eigenvalue weighted by molar-refractivity contribution is -0.119. The molecule has 1 saturated heterocycles. The number of carbonyl (C=O) groups excluding carboxylic acids is 1. The van der Waals surface area contributed by atoms with Crippen LogP contribution in [0.25, 0.3) is 0 Å². The number of hydrogen-bond donors (Lipinski definition) is 1. The molecular formula is C15H22N2OS. The molecule has 0 unspecified atom stereocenters. The Morgan fingerprint density at radius 2 is 2.11 bits per heavy atom. The van der Waals surface area contributed by atoms with Crippen LogP contribution in [0.3, 0.4) is 0 Å². The van der Waals surface area contributed by atoms with Gasteiger partial charge in [-0.25, -0.2) is 0 Å². The lowest BCUT2D eigenvalue weighted by atomic mass is 9.99. The normalized spacial score (nSPS) is 20.3.